The summed E-state index contributed by atoms with van der Waals surface area (Å²) in [6.07, 6.45) is -0.631. The van der Waals surface area contributed by atoms with Gasteiger partial charge in [0.25, 0.3) is 5.91 Å². The van der Waals surface area contributed by atoms with Gasteiger partial charge in [-0.05, 0) is 68.0 Å². The largest absolute Gasteiger partial charge is 0.481 e. The van der Waals surface area contributed by atoms with Crippen LogP contribution < -0.4 is 9.64 Å². The summed E-state index contributed by atoms with van der Waals surface area (Å²) in [5, 5.41) is 0. The summed E-state index contributed by atoms with van der Waals surface area (Å²) in [5.74, 6) is 0.706. The van der Waals surface area contributed by atoms with Crippen molar-refractivity contribution in [2.75, 3.05) is 31.1 Å². The molecule has 0 aromatic heterocycles. The minimum atomic E-state index is -4.36. The Kier molecular flexibility index (Phi) is 6.12. The number of aryl methyl sites for hydroxylation is 1. The third kappa shape index (κ3) is 4.81. The number of fused-ring (bicyclic) bond motifs is 1. The number of piperazine rings is 1. The van der Waals surface area contributed by atoms with E-state index in [0.29, 0.717) is 31.9 Å². The molecule has 2 aromatic carbocycles. The average molecular weight is 432 g/mol. The minimum absolute atomic E-state index is 0.0860. The molecule has 1 saturated heterocycles. The highest BCUT2D eigenvalue weighted by molar-refractivity contribution is 5.81. The number of amides is 1. The second-order valence-corrected chi connectivity index (χ2v) is 8.22. The molecule has 1 heterocycles. The molecule has 2 aliphatic rings. The number of halogens is 3. The number of hydrogen-bond donors (Lipinski definition) is 0. The first-order valence-corrected chi connectivity index (χ1v) is 10.8. The zero-order chi connectivity index (χ0) is 22.0. The van der Waals surface area contributed by atoms with Crippen molar-refractivity contribution in [1.82, 2.24) is 4.90 Å². The Balaban J connectivity index is 1.36. The van der Waals surface area contributed by atoms with E-state index < -0.39 is 17.8 Å². The van der Waals surface area contributed by atoms with Crippen LogP contribution in [-0.4, -0.2) is 43.1 Å². The van der Waals surface area contributed by atoms with Crippen LogP contribution in [0.1, 0.15) is 36.5 Å². The van der Waals surface area contributed by atoms with Gasteiger partial charge in [0, 0.05) is 31.9 Å². The van der Waals surface area contributed by atoms with E-state index in [1.165, 1.54) is 29.7 Å². The highest BCUT2D eigenvalue weighted by Crippen LogP contribution is 2.32. The minimum Gasteiger partial charge on any atom is -0.481 e. The van der Waals surface area contributed by atoms with Crippen LogP contribution in [0.3, 0.4) is 0 Å². The topological polar surface area (TPSA) is 32.8 Å². The number of ether oxygens (including phenoxy) is 1. The molecule has 0 bridgehead atoms. The van der Waals surface area contributed by atoms with Gasteiger partial charge in [-0.15, -0.1) is 0 Å². The second kappa shape index (κ2) is 8.81. The number of anilines is 1. The number of benzene rings is 2. The van der Waals surface area contributed by atoms with E-state index in [1.54, 1.807) is 17.9 Å². The Hall–Kier alpha value is -2.70. The third-order valence-corrected chi connectivity index (χ3v) is 6.13. The Morgan fingerprint density at radius 1 is 1.00 bits per heavy atom. The zero-order valence-corrected chi connectivity index (χ0v) is 17.6. The molecule has 166 valence electrons. The lowest BCUT2D eigenvalue weighted by molar-refractivity contribution is -0.138. The van der Waals surface area contributed by atoms with Crippen LogP contribution in [0.25, 0.3) is 0 Å². The van der Waals surface area contributed by atoms with Gasteiger partial charge in [0.2, 0.25) is 0 Å². The fourth-order valence-electron chi connectivity index (χ4n) is 4.42. The normalized spacial score (nSPS) is 17.8. The molecule has 7 heteroatoms. The van der Waals surface area contributed by atoms with Gasteiger partial charge in [0.1, 0.15) is 5.75 Å². The zero-order valence-electron chi connectivity index (χ0n) is 17.6. The predicted molar refractivity (Wildman–Crippen MR) is 113 cm³/mol. The quantitative estimate of drug-likeness (QED) is 0.702. The molecule has 0 N–H and O–H groups in total. The summed E-state index contributed by atoms with van der Waals surface area (Å²) in [5.41, 5.74) is 2.39. The summed E-state index contributed by atoms with van der Waals surface area (Å²) in [6.45, 7) is 3.65. The van der Waals surface area contributed by atoms with Crippen LogP contribution in [0.15, 0.2) is 42.5 Å². The standard InChI is InChI=1S/C24H27F3N2O2/c1-17(31-22-11-4-7-18-6-2-3-10-21(18)22)23(30)29-14-12-28(13-15-29)20-9-5-8-19(16-20)24(25,26)27/h4-5,7-9,11,16-17H,2-3,6,10,12-15H2,1H3. The summed E-state index contributed by atoms with van der Waals surface area (Å²) in [6, 6.07) is 11.4. The molecule has 1 amide bonds. The highest BCUT2D eigenvalue weighted by Gasteiger charge is 2.32. The Morgan fingerprint density at radius 3 is 2.45 bits per heavy atom. The first-order chi connectivity index (χ1) is 14.8. The van der Waals surface area contributed by atoms with E-state index >= 15 is 0 Å². The summed E-state index contributed by atoms with van der Waals surface area (Å²) < 4.78 is 45.0. The molecule has 0 spiro atoms. The van der Waals surface area contributed by atoms with Crippen LogP contribution in [0.2, 0.25) is 0 Å². The van der Waals surface area contributed by atoms with Crippen LogP contribution >= 0.6 is 0 Å². The second-order valence-electron chi connectivity index (χ2n) is 8.22. The average Bonchev–Trinajstić information content (AvgIpc) is 2.78. The van der Waals surface area contributed by atoms with Gasteiger partial charge < -0.3 is 14.5 Å². The number of carbonyl (C=O) groups is 1. The molecule has 4 nitrogen and oxygen atoms in total. The van der Waals surface area contributed by atoms with E-state index in [9.17, 15) is 18.0 Å². The maximum absolute atomic E-state index is 13.0. The lowest BCUT2D eigenvalue weighted by atomic mass is 9.91. The van der Waals surface area contributed by atoms with E-state index in [0.717, 1.165) is 31.1 Å². The molecule has 0 radical (unpaired) electrons. The van der Waals surface area contributed by atoms with Gasteiger partial charge in [-0.25, -0.2) is 0 Å². The fraction of sp³-hybridized carbons (Fsp3) is 0.458. The van der Waals surface area contributed by atoms with E-state index in [2.05, 4.69) is 6.07 Å². The van der Waals surface area contributed by atoms with Crippen LogP contribution in [0.5, 0.6) is 5.75 Å². The molecule has 31 heavy (non-hydrogen) atoms. The van der Waals surface area contributed by atoms with E-state index in [1.807, 2.05) is 17.0 Å². The lowest BCUT2D eigenvalue weighted by Crippen LogP contribution is -2.52. The van der Waals surface area contributed by atoms with Gasteiger partial charge in [0.15, 0.2) is 6.10 Å². The first-order valence-electron chi connectivity index (χ1n) is 10.8. The SMILES string of the molecule is CC(Oc1cccc2c1CCCC2)C(=O)N1CCN(c2cccc(C(F)(F)F)c2)CC1. The number of alkyl halides is 3. The summed E-state index contributed by atoms with van der Waals surface area (Å²) >= 11 is 0. The van der Waals surface area contributed by atoms with Crippen molar-refractivity contribution in [2.24, 2.45) is 0 Å². The number of carbonyl (C=O) groups excluding carboxylic acids is 1. The number of hydrogen-bond acceptors (Lipinski definition) is 3. The number of rotatable bonds is 4. The molecule has 1 aliphatic carbocycles. The van der Waals surface area contributed by atoms with E-state index in [4.69, 9.17) is 4.74 Å². The van der Waals surface area contributed by atoms with E-state index in [-0.39, 0.29) is 5.91 Å². The van der Waals surface area contributed by atoms with Crippen LogP contribution in [-0.2, 0) is 23.8 Å². The van der Waals surface area contributed by atoms with Crippen molar-refractivity contribution < 1.29 is 22.7 Å². The molecule has 1 atom stereocenters. The van der Waals surface area contributed by atoms with Gasteiger partial charge in [-0.3, -0.25) is 4.79 Å². The molecule has 1 unspecified atom stereocenters. The molecule has 4 rings (SSSR count). The summed E-state index contributed by atoms with van der Waals surface area (Å²) in [4.78, 5) is 16.6. The first kappa shape index (κ1) is 21.5. The monoisotopic (exact) mass is 432 g/mol. The van der Waals surface area contributed by atoms with Crippen molar-refractivity contribution >= 4 is 11.6 Å². The Morgan fingerprint density at radius 2 is 1.71 bits per heavy atom. The maximum atomic E-state index is 13.0. The molecule has 1 aliphatic heterocycles. The van der Waals surface area contributed by atoms with Crippen molar-refractivity contribution in [3.63, 3.8) is 0 Å². The van der Waals surface area contributed by atoms with Crippen molar-refractivity contribution in [3.05, 3.63) is 59.2 Å². The van der Waals surface area contributed by atoms with Crippen molar-refractivity contribution in [2.45, 2.75) is 44.9 Å². The molecule has 0 saturated carbocycles. The van der Waals surface area contributed by atoms with Gasteiger partial charge in [-0.1, -0.05) is 18.2 Å². The molecular weight excluding hydrogens is 405 g/mol. The van der Waals surface area contributed by atoms with Gasteiger partial charge >= 0.3 is 6.18 Å². The Bertz CT molecular complexity index is 937. The third-order valence-electron chi connectivity index (χ3n) is 6.13. The smallest absolute Gasteiger partial charge is 0.416 e. The van der Waals surface area contributed by atoms with Crippen molar-refractivity contribution in [1.29, 1.82) is 0 Å². The molecular formula is C24H27F3N2O2. The molecule has 2 aromatic rings. The fourth-order valence-corrected chi connectivity index (χ4v) is 4.42. The summed E-state index contributed by atoms with van der Waals surface area (Å²) in [7, 11) is 0. The van der Waals surface area contributed by atoms with Crippen LogP contribution in [0, 0.1) is 0 Å². The number of nitrogens with zero attached hydrogens (tertiary/aromatic N) is 2. The lowest BCUT2D eigenvalue weighted by Gasteiger charge is -2.37. The van der Waals surface area contributed by atoms with Gasteiger partial charge in [0.05, 0.1) is 5.56 Å². The van der Waals surface area contributed by atoms with Crippen molar-refractivity contribution in [3.8, 4) is 5.75 Å². The van der Waals surface area contributed by atoms with Crippen LogP contribution in [0.4, 0.5) is 18.9 Å². The highest BCUT2D eigenvalue weighted by atomic mass is 19.4. The predicted octanol–water partition coefficient (Wildman–Crippen LogP) is 4.70. The van der Waals surface area contributed by atoms with Gasteiger partial charge in [-0.2, -0.15) is 13.2 Å². The maximum Gasteiger partial charge on any atom is 0.416 e. The Labute approximate surface area is 180 Å². The molecule has 1 fully saturated rings.